The predicted octanol–water partition coefficient (Wildman–Crippen LogP) is 4.96. The van der Waals surface area contributed by atoms with Crippen LogP contribution in [-0.4, -0.2) is 19.1 Å². The predicted molar refractivity (Wildman–Crippen MR) is 108 cm³/mol. The number of nitrogens with one attached hydrogen (secondary N) is 1. The normalized spacial score (nSPS) is 10.3. The third-order valence-corrected chi connectivity index (χ3v) is 4.02. The van der Waals surface area contributed by atoms with Crippen LogP contribution >= 0.6 is 0 Å². The fourth-order valence-corrected chi connectivity index (χ4v) is 2.66. The average molecular weight is 361 g/mol. The van der Waals surface area contributed by atoms with Crippen LogP contribution in [0.4, 0.5) is 5.69 Å². The van der Waals surface area contributed by atoms with Crippen molar-refractivity contribution in [2.75, 3.05) is 18.5 Å². The van der Waals surface area contributed by atoms with Gasteiger partial charge in [0.1, 0.15) is 11.5 Å². The van der Waals surface area contributed by atoms with Gasteiger partial charge in [-0.2, -0.15) is 0 Å². The lowest BCUT2D eigenvalue weighted by Crippen LogP contribution is -2.12. The topological polar surface area (TPSA) is 47.6 Å². The standard InChI is InChI=1S/C23H23NO3/c1-2-26-21-13-11-20(12-14-21)24-23(25)19-9-6-10-22(17-19)27-16-15-18-7-4-3-5-8-18/h3-14,17H,2,15-16H2,1H3,(H,24,25). The minimum absolute atomic E-state index is 0.173. The van der Waals surface area contributed by atoms with Crippen molar-refractivity contribution in [3.05, 3.63) is 90.0 Å². The van der Waals surface area contributed by atoms with Gasteiger partial charge in [-0.05, 0) is 55.0 Å². The largest absolute Gasteiger partial charge is 0.494 e. The Hall–Kier alpha value is -3.27. The molecule has 0 fully saturated rings. The zero-order valence-corrected chi connectivity index (χ0v) is 15.4. The SMILES string of the molecule is CCOc1ccc(NC(=O)c2cccc(OCCc3ccccc3)c2)cc1. The van der Waals surface area contributed by atoms with Crippen molar-refractivity contribution in [3.8, 4) is 11.5 Å². The summed E-state index contributed by atoms with van der Waals surface area (Å²) in [5.74, 6) is 1.29. The first-order valence-electron chi connectivity index (χ1n) is 9.05. The maximum atomic E-state index is 12.5. The summed E-state index contributed by atoms with van der Waals surface area (Å²) in [5, 5.41) is 2.89. The zero-order valence-electron chi connectivity index (χ0n) is 15.4. The van der Waals surface area contributed by atoms with Gasteiger partial charge in [0.25, 0.3) is 5.91 Å². The molecule has 1 amide bonds. The van der Waals surface area contributed by atoms with Crippen molar-refractivity contribution in [2.45, 2.75) is 13.3 Å². The van der Waals surface area contributed by atoms with Gasteiger partial charge in [-0.25, -0.2) is 0 Å². The van der Waals surface area contributed by atoms with E-state index in [1.54, 1.807) is 12.1 Å². The van der Waals surface area contributed by atoms with Crippen molar-refractivity contribution in [2.24, 2.45) is 0 Å². The lowest BCUT2D eigenvalue weighted by Gasteiger charge is -2.09. The van der Waals surface area contributed by atoms with Crippen molar-refractivity contribution >= 4 is 11.6 Å². The van der Waals surface area contributed by atoms with E-state index in [9.17, 15) is 4.79 Å². The van der Waals surface area contributed by atoms with Crippen LogP contribution < -0.4 is 14.8 Å². The Bertz CT molecular complexity index is 860. The Kier molecular flexibility index (Phi) is 6.47. The van der Waals surface area contributed by atoms with Gasteiger partial charge in [-0.3, -0.25) is 4.79 Å². The summed E-state index contributed by atoms with van der Waals surface area (Å²) in [6, 6.07) is 24.7. The van der Waals surface area contributed by atoms with Crippen molar-refractivity contribution < 1.29 is 14.3 Å². The van der Waals surface area contributed by atoms with Crippen LogP contribution in [0.15, 0.2) is 78.9 Å². The second-order valence-electron chi connectivity index (χ2n) is 6.02. The molecule has 0 unspecified atom stereocenters. The molecule has 0 saturated heterocycles. The lowest BCUT2D eigenvalue weighted by atomic mass is 10.1. The smallest absolute Gasteiger partial charge is 0.255 e. The Morgan fingerprint density at radius 2 is 1.63 bits per heavy atom. The van der Waals surface area contributed by atoms with Crippen molar-refractivity contribution in [3.63, 3.8) is 0 Å². The van der Waals surface area contributed by atoms with Crippen LogP contribution in [0, 0.1) is 0 Å². The molecule has 4 heteroatoms. The lowest BCUT2D eigenvalue weighted by molar-refractivity contribution is 0.102. The molecule has 3 aromatic carbocycles. The average Bonchev–Trinajstić information content (AvgIpc) is 2.71. The van der Waals surface area contributed by atoms with Gasteiger partial charge >= 0.3 is 0 Å². The van der Waals surface area contributed by atoms with E-state index in [1.807, 2.05) is 61.5 Å². The molecule has 0 aromatic heterocycles. The first-order chi connectivity index (χ1) is 13.2. The zero-order chi connectivity index (χ0) is 18.9. The molecule has 0 aliphatic rings. The molecular formula is C23H23NO3. The molecule has 4 nitrogen and oxygen atoms in total. The number of amides is 1. The van der Waals surface area contributed by atoms with Gasteiger partial charge in [0.15, 0.2) is 0 Å². The number of benzene rings is 3. The van der Waals surface area contributed by atoms with Gasteiger partial charge in [0.2, 0.25) is 0 Å². The van der Waals surface area contributed by atoms with E-state index in [1.165, 1.54) is 5.56 Å². The number of carbonyl (C=O) groups excluding carboxylic acids is 1. The molecule has 3 rings (SSSR count). The molecule has 0 radical (unpaired) electrons. The third-order valence-electron chi connectivity index (χ3n) is 4.02. The fraction of sp³-hybridized carbons (Fsp3) is 0.174. The van der Waals surface area contributed by atoms with E-state index in [-0.39, 0.29) is 5.91 Å². The summed E-state index contributed by atoms with van der Waals surface area (Å²) in [7, 11) is 0. The van der Waals surface area contributed by atoms with Gasteiger partial charge in [-0.15, -0.1) is 0 Å². The molecule has 3 aromatic rings. The minimum atomic E-state index is -0.173. The first kappa shape index (κ1) is 18.5. The number of ether oxygens (including phenoxy) is 2. The van der Waals surface area contributed by atoms with E-state index in [0.717, 1.165) is 17.9 Å². The Balaban J connectivity index is 1.56. The Labute approximate surface area is 159 Å². The summed E-state index contributed by atoms with van der Waals surface area (Å²) in [4.78, 5) is 12.5. The van der Waals surface area contributed by atoms with Crippen LogP contribution in [0.25, 0.3) is 0 Å². The van der Waals surface area contributed by atoms with Gasteiger partial charge in [-0.1, -0.05) is 36.4 Å². The highest BCUT2D eigenvalue weighted by Crippen LogP contribution is 2.18. The Morgan fingerprint density at radius 1 is 0.852 bits per heavy atom. The number of anilines is 1. The van der Waals surface area contributed by atoms with E-state index in [0.29, 0.717) is 24.5 Å². The van der Waals surface area contributed by atoms with Crippen LogP contribution in [0.3, 0.4) is 0 Å². The van der Waals surface area contributed by atoms with Crippen molar-refractivity contribution in [1.82, 2.24) is 0 Å². The minimum Gasteiger partial charge on any atom is -0.494 e. The van der Waals surface area contributed by atoms with Gasteiger partial charge in [0.05, 0.1) is 13.2 Å². The Morgan fingerprint density at radius 3 is 2.37 bits per heavy atom. The van der Waals surface area contributed by atoms with E-state index >= 15 is 0 Å². The third kappa shape index (κ3) is 5.61. The number of hydrogen-bond acceptors (Lipinski definition) is 3. The molecule has 0 atom stereocenters. The molecule has 138 valence electrons. The van der Waals surface area contributed by atoms with E-state index in [2.05, 4.69) is 17.4 Å². The summed E-state index contributed by atoms with van der Waals surface area (Å²) in [6.07, 6.45) is 0.823. The quantitative estimate of drug-likeness (QED) is 0.617. The molecule has 0 saturated carbocycles. The summed E-state index contributed by atoms with van der Waals surface area (Å²) < 4.78 is 11.2. The molecule has 27 heavy (non-hydrogen) atoms. The summed E-state index contributed by atoms with van der Waals surface area (Å²) in [6.45, 7) is 3.11. The molecular weight excluding hydrogens is 338 g/mol. The molecule has 0 aliphatic carbocycles. The number of hydrogen-bond donors (Lipinski definition) is 1. The van der Waals surface area contributed by atoms with Gasteiger partial charge in [0, 0.05) is 17.7 Å². The molecule has 0 aliphatic heterocycles. The van der Waals surface area contributed by atoms with Gasteiger partial charge < -0.3 is 14.8 Å². The van der Waals surface area contributed by atoms with Crippen LogP contribution in [-0.2, 0) is 6.42 Å². The highest BCUT2D eigenvalue weighted by atomic mass is 16.5. The second kappa shape index (κ2) is 9.43. The van der Waals surface area contributed by atoms with Crippen LogP contribution in [0.5, 0.6) is 11.5 Å². The molecule has 0 heterocycles. The van der Waals surface area contributed by atoms with Crippen LogP contribution in [0.2, 0.25) is 0 Å². The van der Waals surface area contributed by atoms with Crippen LogP contribution in [0.1, 0.15) is 22.8 Å². The van der Waals surface area contributed by atoms with E-state index in [4.69, 9.17) is 9.47 Å². The highest BCUT2D eigenvalue weighted by molar-refractivity contribution is 6.04. The molecule has 0 spiro atoms. The van der Waals surface area contributed by atoms with E-state index < -0.39 is 0 Å². The molecule has 0 bridgehead atoms. The molecule has 1 N–H and O–H groups in total. The number of rotatable bonds is 8. The van der Waals surface area contributed by atoms with Crippen molar-refractivity contribution in [1.29, 1.82) is 0 Å². The number of carbonyl (C=O) groups is 1. The maximum absolute atomic E-state index is 12.5. The summed E-state index contributed by atoms with van der Waals surface area (Å²) >= 11 is 0. The summed E-state index contributed by atoms with van der Waals surface area (Å²) in [5.41, 5.74) is 2.50. The highest BCUT2D eigenvalue weighted by Gasteiger charge is 2.08. The first-order valence-corrected chi connectivity index (χ1v) is 9.05. The fourth-order valence-electron chi connectivity index (χ4n) is 2.66. The monoisotopic (exact) mass is 361 g/mol. The maximum Gasteiger partial charge on any atom is 0.255 e. The second-order valence-corrected chi connectivity index (χ2v) is 6.02.